The summed E-state index contributed by atoms with van der Waals surface area (Å²) in [6, 6.07) is 11.0. The fraction of sp³-hybridized carbons (Fsp3) is 0.391. The minimum Gasteiger partial charge on any atom is -0.354 e. The van der Waals surface area contributed by atoms with Crippen LogP contribution in [0.15, 0.2) is 42.5 Å². The van der Waals surface area contributed by atoms with Gasteiger partial charge < -0.3 is 10.2 Å². The molecule has 0 radical (unpaired) electrons. The van der Waals surface area contributed by atoms with E-state index in [1.807, 2.05) is 19.9 Å². The number of amides is 2. The Kier molecular flexibility index (Phi) is 10.1. The smallest absolute Gasteiger partial charge is 0.242 e. The Bertz CT molecular complexity index is 891. The van der Waals surface area contributed by atoms with Crippen LogP contribution in [0.25, 0.3) is 0 Å². The maximum absolute atomic E-state index is 14.0. The third-order valence-corrected chi connectivity index (χ3v) is 6.16. The summed E-state index contributed by atoms with van der Waals surface area (Å²) in [5, 5.41) is 3.77. The Balaban J connectivity index is 2.10. The zero-order chi connectivity index (χ0) is 23.0. The van der Waals surface area contributed by atoms with Gasteiger partial charge in [0.2, 0.25) is 11.8 Å². The summed E-state index contributed by atoms with van der Waals surface area (Å²) in [4.78, 5) is 27.2. The van der Waals surface area contributed by atoms with Crippen molar-refractivity contribution in [3.63, 3.8) is 0 Å². The molecule has 8 heteroatoms. The number of hydrogen-bond acceptors (Lipinski definition) is 3. The van der Waals surface area contributed by atoms with E-state index in [4.69, 9.17) is 23.2 Å². The van der Waals surface area contributed by atoms with Crippen LogP contribution in [0.5, 0.6) is 0 Å². The normalized spacial score (nSPS) is 12.0. The summed E-state index contributed by atoms with van der Waals surface area (Å²) in [6.07, 6.45) is 0. The van der Waals surface area contributed by atoms with Gasteiger partial charge in [-0.2, -0.15) is 0 Å². The van der Waals surface area contributed by atoms with Crippen molar-refractivity contribution in [1.29, 1.82) is 0 Å². The zero-order valence-corrected chi connectivity index (χ0v) is 20.2. The van der Waals surface area contributed by atoms with Gasteiger partial charge in [-0.1, -0.05) is 55.2 Å². The van der Waals surface area contributed by atoms with Crippen molar-refractivity contribution in [2.24, 2.45) is 5.92 Å². The van der Waals surface area contributed by atoms with Gasteiger partial charge in [0.25, 0.3) is 0 Å². The number of halogens is 3. The Hall–Kier alpha value is -1.76. The Labute approximate surface area is 197 Å². The number of hydrogen-bond donors (Lipinski definition) is 1. The standard InChI is InChI=1S/C23H27Cl2FN2O2S/c1-15(2)11-27-23(30)16(3)28(12-17-6-4-7-18(24)10-17)22(29)14-31-13-19-20(25)8-5-9-21(19)26/h4-10,15-16H,11-14H2,1-3H3,(H,27,30)/t16-/m0/s1. The molecule has 0 aliphatic rings. The SMILES string of the molecule is CC(C)CNC(=O)[C@H](C)N(Cc1cccc(Cl)c1)C(=O)CSCc1c(F)cccc1Cl. The predicted octanol–water partition coefficient (Wildman–Crippen LogP) is 5.56. The highest BCUT2D eigenvalue weighted by atomic mass is 35.5. The van der Waals surface area contributed by atoms with Crippen LogP contribution in [0, 0.1) is 11.7 Å². The first-order chi connectivity index (χ1) is 14.7. The lowest BCUT2D eigenvalue weighted by atomic mass is 10.1. The van der Waals surface area contributed by atoms with Crippen molar-refractivity contribution >= 4 is 46.8 Å². The number of rotatable bonds is 10. The Morgan fingerprint density at radius 3 is 2.48 bits per heavy atom. The van der Waals surface area contributed by atoms with E-state index in [0.29, 0.717) is 28.1 Å². The highest BCUT2D eigenvalue weighted by Crippen LogP contribution is 2.24. The molecule has 168 valence electrons. The van der Waals surface area contributed by atoms with Crippen LogP contribution in [-0.4, -0.2) is 35.1 Å². The van der Waals surface area contributed by atoms with E-state index in [0.717, 1.165) is 5.56 Å². The molecule has 2 aromatic rings. The first-order valence-corrected chi connectivity index (χ1v) is 11.9. The highest BCUT2D eigenvalue weighted by molar-refractivity contribution is 7.99. The van der Waals surface area contributed by atoms with Crippen molar-refractivity contribution in [2.45, 2.75) is 39.1 Å². The van der Waals surface area contributed by atoms with Gasteiger partial charge in [0, 0.05) is 34.5 Å². The summed E-state index contributed by atoms with van der Waals surface area (Å²) >= 11 is 13.4. The van der Waals surface area contributed by atoms with Crippen molar-refractivity contribution < 1.29 is 14.0 Å². The molecule has 0 saturated carbocycles. The van der Waals surface area contributed by atoms with Gasteiger partial charge in [0.15, 0.2) is 0 Å². The van der Waals surface area contributed by atoms with Crippen molar-refractivity contribution in [3.8, 4) is 0 Å². The van der Waals surface area contributed by atoms with Crippen LogP contribution in [-0.2, 0) is 21.9 Å². The molecule has 0 fully saturated rings. The average molecular weight is 485 g/mol. The molecule has 2 aromatic carbocycles. The van der Waals surface area contributed by atoms with Crippen LogP contribution in [0.3, 0.4) is 0 Å². The zero-order valence-electron chi connectivity index (χ0n) is 17.8. The quantitative estimate of drug-likeness (QED) is 0.480. The molecule has 31 heavy (non-hydrogen) atoms. The molecule has 0 heterocycles. The van der Waals surface area contributed by atoms with Gasteiger partial charge >= 0.3 is 0 Å². The molecule has 1 N–H and O–H groups in total. The molecule has 0 aliphatic carbocycles. The summed E-state index contributed by atoms with van der Waals surface area (Å²) in [7, 11) is 0. The van der Waals surface area contributed by atoms with Crippen molar-refractivity contribution in [3.05, 3.63) is 69.5 Å². The third-order valence-electron chi connectivity index (χ3n) is 4.63. The van der Waals surface area contributed by atoms with Gasteiger partial charge in [0.05, 0.1) is 5.75 Å². The molecule has 0 saturated heterocycles. The molecule has 0 aliphatic heterocycles. The molecule has 1 atom stereocenters. The molecular formula is C23H27Cl2FN2O2S. The van der Waals surface area contributed by atoms with E-state index < -0.39 is 11.9 Å². The first kappa shape index (κ1) is 25.5. The molecular weight excluding hydrogens is 458 g/mol. The summed E-state index contributed by atoms with van der Waals surface area (Å²) < 4.78 is 14.0. The molecule has 2 amide bonds. The number of nitrogens with one attached hydrogen (secondary N) is 1. The fourth-order valence-electron chi connectivity index (χ4n) is 2.86. The lowest BCUT2D eigenvalue weighted by Crippen LogP contribution is -2.48. The van der Waals surface area contributed by atoms with Gasteiger partial charge in [-0.3, -0.25) is 9.59 Å². The van der Waals surface area contributed by atoms with Crippen LogP contribution in [0.4, 0.5) is 4.39 Å². The maximum atomic E-state index is 14.0. The van der Waals surface area contributed by atoms with Crippen LogP contribution in [0.2, 0.25) is 10.0 Å². The monoisotopic (exact) mass is 484 g/mol. The molecule has 0 spiro atoms. The largest absolute Gasteiger partial charge is 0.354 e. The van der Waals surface area contributed by atoms with Gasteiger partial charge in [-0.25, -0.2) is 4.39 Å². The molecule has 4 nitrogen and oxygen atoms in total. The van der Waals surface area contributed by atoms with Crippen molar-refractivity contribution in [2.75, 3.05) is 12.3 Å². The van der Waals surface area contributed by atoms with E-state index in [1.165, 1.54) is 22.7 Å². The fourth-order valence-corrected chi connectivity index (χ4v) is 4.32. The Morgan fingerprint density at radius 1 is 1.13 bits per heavy atom. The highest BCUT2D eigenvalue weighted by Gasteiger charge is 2.26. The summed E-state index contributed by atoms with van der Waals surface area (Å²) in [5.41, 5.74) is 1.19. The number of carbonyl (C=O) groups is 2. The predicted molar refractivity (Wildman–Crippen MR) is 127 cm³/mol. The summed E-state index contributed by atoms with van der Waals surface area (Å²) in [6.45, 7) is 6.49. The number of nitrogens with zero attached hydrogens (tertiary/aromatic N) is 1. The van der Waals surface area contributed by atoms with E-state index in [-0.39, 0.29) is 29.9 Å². The second-order valence-corrected chi connectivity index (χ2v) is 9.49. The lowest BCUT2D eigenvalue weighted by Gasteiger charge is -2.29. The average Bonchev–Trinajstić information content (AvgIpc) is 2.71. The topological polar surface area (TPSA) is 49.4 Å². The van der Waals surface area contributed by atoms with Crippen LogP contribution in [0.1, 0.15) is 31.9 Å². The van der Waals surface area contributed by atoms with E-state index >= 15 is 0 Å². The molecule has 0 bridgehead atoms. The van der Waals surface area contributed by atoms with E-state index in [9.17, 15) is 14.0 Å². The van der Waals surface area contributed by atoms with Gasteiger partial charge in [-0.05, 0) is 42.7 Å². The molecule has 0 aromatic heterocycles. The number of benzene rings is 2. The maximum Gasteiger partial charge on any atom is 0.242 e. The Morgan fingerprint density at radius 2 is 1.84 bits per heavy atom. The second kappa shape index (κ2) is 12.3. The summed E-state index contributed by atoms with van der Waals surface area (Å²) in [5.74, 6) is -0.182. The number of carbonyl (C=O) groups excluding carboxylic acids is 2. The van der Waals surface area contributed by atoms with Crippen LogP contribution < -0.4 is 5.32 Å². The van der Waals surface area contributed by atoms with Gasteiger partial charge in [0.1, 0.15) is 11.9 Å². The molecule has 0 unspecified atom stereocenters. The first-order valence-electron chi connectivity index (χ1n) is 10.0. The van der Waals surface area contributed by atoms with Crippen molar-refractivity contribution in [1.82, 2.24) is 10.2 Å². The second-order valence-electron chi connectivity index (χ2n) is 7.66. The lowest BCUT2D eigenvalue weighted by molar-refractivity contribution is -0.138. The van der Waals surface area contributed by atoms with Gasteiger partial charge in [-0.15, -0.1) is 11.8 Å². The van der Waals surface area contributed by atoms with E-state index in [2.05, 4.69) is 5.32 Å². The van der Waals surface area contributed by atoms with Crippen LogP contribution >= 0.6 is 35.0 Å². The number of thioether (sulfide) groups is 1. The minimum atomic E-state index is -0.664. The van der Waals surface area contributed by atoms with E-state index in [1.54, 1.807) is 37.3 Å². The third kappa shape index (κ3) is 8.02. The molecule has 2 rings (SSSR count). The minimum absolute atomic E-state index is 0.0903.